The summed E-state index contributed by atoms with van der Waals surface area (Å²) in [5, 5.41) is 4.65. The summed E-state index contributed by atoms with van der Waals surface area (Å²) in [6.07, 6.45) is 3.27. The largest absolute Gasteiger partial charge is 0.255 e. The lowest BCUT2D eigenvalue weighted by molar-refractivity contribution is 0.767. The van der Waals surface area contributed by atoms with Gasteiger partial charge in [-0.1, -0.05) is 11.6 Å². The Labute approximate surface area is 94.1 Å². The van der Waals surface area contributed by atoms with Gasteiger partial charge in [-0.15, -0.1) is 5.10 Å². The standard InChI is InChI=1S/C8H6BrClN4/c1-14-4-12-8(13-14)7-6(10)2-5(9)3-11-7/h2-4H,1H3. The molecule has 2 heterocycles. The van der Waals surface area contributed by atoms with Crippen LogP contribution < -0.4 is 0 Å². The molecular formula is C8H6BrClN4. The third-order valence-corrected chi connectivity index (χ3v) is 2.34. The molecule has 0 bridgehead atoms. The Hall–Kier alpha value is -0.940. The van der Waals surface area contributed by atoms with Crippen LogP contribution in [0, 0.1) is 0 Å². The lowest BCUT2D eigenvalue weighted by Gasteiger charge is -1.98. The molecule has 0 spiro atoms. The monoisotopic (exact) mass is 272 g/mol. The molecule has 0 amide bonds. The molecule has 0 aliphatic heterocycles. The van der Waals surface area contributed by atoms with E-state index in [1.54, 1.807) is 30.3 Å². The van der Waals surface area contributed by atoms with Crippen LogP contribution in [0.4, 0.5) is 0 Å². The van der Waals surface area contributed by atoms with Crippen molar-refractivity contribution in [1.29, 1.82) is 0 Å². The van der Waals surface area contributed by atoms with Gasteiger partial charge in [-0.25, -0.2) is 4.98 Å². The first-order valence-electron chi connectivity index (χ1n) is 3.84. The summed E-state index contributed by atoms with van der Waals surface area (Å²) in [6, 6.07) is 1.76. The maximum atomic E-state index is 5.99. The highest BCUT2D eigenvalue weighted by Crippen LogP contribution is 2.25. The molecule has 0 aliphatic rings. The Bertz CT molecular complexity index is 468. The normalized spacial score (nSPS) is 10.5. The summed E-state index contributed by atoms with van der Waals surface area (Å²) >= 11 is 9.27. The highest BCUT2D eigenvalue weighted by Gasteiger charge is 2.09. The van der Waals surface area contributed by atoms with Crippen molar-refractivity contribution in [1.82, 2.24) is 19.7 Å². The van der Waals surface area contributed by atoms with Crippen molar-refractivity contribution in [2.24, 2.45) is 7.05 Å². The molecule has 0 saturated heterocycles. The van der Waals surface area contributed by atoms with E-state index in [0.29, 0.717) is 16.5 Å². The highest BCUT2D eigenvalue weighted by molar-refractivity contribution is 9.10. The van der Waals surface area contributed by atoms with Gasteiger partial charge in [0.1, 0.15) is 12.0 Å². The van der Waals surface area contributed by atoms with E-state index in [1.807, 2.05) is 0 Å². The minimum atomic E-state index is 0.532. The minimum absolute atomic E-state index is 0.532. The molecule has 0 unspecified atom stereocenters. The number of hydrogen-bond donors (Lipinski definition) is 0. The van der Waals surface area contributed by atoms with E-state index in [4.69, 9.17) is 11.6 Å². The summed E-state index contributed by atoms with van der Waals surface area (Å²) in [5.74, 6) is 0.532. The van der Waals surface area contributed by atoms with Crippen molar-refractivity contribution in [3.63, 3.8) is 0 Å². The molecule has 0 fully saturated rings. The molecule has 0 atom stereocenters. The van der Waals surface area contributed by atoms with Crippen LogP contribution >= 0.6 is 27.5 Å². The Balaban J connectivity index is 2.52. The minimum Gasteiger partial charge on any atom is -0.255 e. The van der Waals surface area contributed by atoms with Crippen molar-refractivity contribution in [3.8, 4) is 11.5 Å². The third kappa shape index (κ3) is 1.78. The Morgan fingerprint density at radius 2 is 2.21 bits per heavy atom. The lowest BCUT2D eigenvalue weighted by Crippen LogP contribution is -1.90. The molecule has 4 nitrogen and oxygen atoms in total. The predicted octanol–water partition coefficient (Wildman–Crippen LogP) is 2.29. The summed E-state index contributed by atoms with van der Waals surface area (Å²) < 4.78 is 2.44. The second kappa shape index (κ2) is 3.67. The van der Waals surface area contributed by atoms with Crippen molar-refractivity contribution >= 4 is 27.5 Å². The Morgan fingerprint density at radius 3 is 2.79 bits per heavy atom. The van der Waals surface area contributed by atoms with E-state index in [9.17, 15) is 0 Å². The van der Waals surface area contributed by atoms with Crippen LogP contribution in [-0.4, -0.2) is 19.7 Å². The van der Waals surface area contributed by atoms with Crippen LogP contribution in [0.15, 0.2) is 23.1 Å². The van der Waals surface area contributed by atoms with Crippen LogP contribution in [0.1, 0.15) is 0 Å². The average Bonchev–Trinajstić information content (AvgIpc) is 2.51. The maximum Gasteiger partial charge on any atom is 0.201 e. The number of hydrogen-bond acceptors (Lipinski definition) is 3. The summed E-state index contributed by atoms with van der Waals surface area (Å²) in [5.41, 5.74) is 0.593. The van der Waals surface area contributed by atoms with Gasteiger partial charge in [-0.05, 0) is 22.0 Å². The molecule has 0 aromatic carbocycles. The Kier molecular flexibility index (Phi) is 2.52. The predicted molar refractivity (Wildman–Crippen MR) is 56.9 cm³/mol. The summed E-state index contributed by atoms with van der Waals surface area (Å²) in [7, 11) is 1.79. The van der Waals surface area contributed by atoms with Gasteiger partial charge >= 0.3 is 0 Å². The fourth-order valence-corrected chi connectivity index (χ4v) is 1.74. The maximum absolute atomic E-state index is 5.99. The Morgan fingerprint density at radius 1 is 1.43 bits per heavy atom. The van der Waals surface area contributed by atoms with Crippen LogP contribution in [0.5, 0.6) is 0 Å². The average molecular weight is 274 g/mol. The van der Waals surface area contributed by atoms with Gasteiger partial charge in [0.2, 0.25) is 5.82 Å². The molecule has 0 saturated carbocycles. The number of pyridine rings is 1. The van der Waals surface area contributed by atoms with E-state index < -0.39 is 0 Å². The van der Waals surface area contributed by atoms with E-state index in [-0.39, 0.29) is 0 Å². The van der Waals surface area contributed by atoms with Crippen molar-refractivity contribution in [2.45, 2.75) is 0 Å². The van der Waals surface area contributed by atoms with Crippen molar-refractivity contribution < 1.29 is 0 Å². The van der Waals surface area contributed by atoms with E-state index in [1.165, 1.54) is 0 Å². The lowest BCUT2D eigenvalue weighted by atomic mass is 10.3. The third-order valence-electron chi connectivity index (χ3n) is 1.62. The second-order valence-electron chi connectivity index (χ2n) is 2.73. The zero-order chi connectivity index (χ0) is 10.1. The summed E-state index contributed by atoms with van der Waals surface area (Å²) in [4.78, 5) is 8.21. The zero-order valence-corrected chi connectivity index (χ0v) is 9.62. The van der Waals surface area contributed by atoms with Gasteiger partial charge in [0.15, 0.2) is 0 Å². The van der Waals surface area contributed by atoms with Crippen molar-refractivity contribution in [2.75, 3.05) is 0 Å². The molecule has 0 N–H and O–H groups in total. The molecule has 2 rings (SSSR count). The van der Waals surface area contributed by atoms with Crippen LogP contribution in [0.25, 0.3) is 11.5 Å². The molecule has 0 radical (unpaired) electrons. The van der Waals surface area contributed by atoms with Gasteiger partial charge in [0.05, 0.1) is 5.02 Å². The second-order valence-corrected chi connectivity index (χ2v) is 4.05. The van der Waals surface area contributed by atoms with E-state index in [0.717, 1.165) is 4.47 Å². The first-order valence-corrected chi connectivity index (χ1v) is 5.01. The number of aromatic nitrogens is 4. The van der Waals surface area contributed by atoms with Gasteiger partial charge in [0.25, 0.3) is 0 Å². The van der Waals surface area contributed by atoms with E-state index in [2.05, 4.69) is 31.0 Å². The molecule has 0 aliphatic carbocycles. The van der Waals surface area contributed by atoms with Gasteiger partial charge in [-0.3, -0.25) is 9.67 Å². The van der Waals surface area contributed by atoms with Gasteiger partial charge in [-0.2, -0.15) is 0 Å². The number of halogens is 2. The van der Waals surface area contributed by atoms with Crippen molar-refractivity contribution in [3.05, 3.63) is 28.1 Å². The summed E-state index contributed by atoms with van der Waals surface area (Å²) in [6.45, 7) is 0. The fraction of sp³-hybridized carbons (Fsp3) is 0.125. The number of aryl methyl sites for hydroxylation is 1. The molecule has 2 aromatic heterocycles. The smallest absolute Gasteiger partial charge is 0.201 e. The fourth-order valence-electron chi connectivity index (χ4n) is 1.03. The van der Waals surface area contributed by atoms with E-state index >= 15 is 0 Å². The van der Waals surface area contributed by atoms with Gasteiger partial charge in [0, 0.05) is 17.7 Å². The SMILES string of the molecule is Cn1cnc(-c2ncc(Br)cc2Cl)n1. The van der Waals surface area contributed by atoms with Crippen LogP contribution in [-0.2, 0) is 7.05 Å². The molecule has 72 valence electrons. The van der Waals surface area contributed by atoms with Crippen LogP contribution in [0.3, 0.4) is 0 Å². The molecular weight excluding hydrogens is 267 g/mol. The first kappa shape index (κ1) is 9.61. The zero-order valence-electron chi connectivity index (χ0n) is 7.28. The molecule has 14 heavy (non-hydrogen) atoms. The first-order chi connectivity index (χ1) is 6.66. The highest BCUT2D eigenvalue weighted by atomic mass is 79.9. The van der Waals surface area contributed by atoms with Crippen LogP contribution in [0.2, 0.25) is 5.02 Å². The number of rotatable bonds is 1. The molecule has 2 aromatic rings. The quantitative estimate of drug-likeness (QED) is 0.801. The number of nitrogens with zero attached hydrogens (tertiary/aromatic N) is 4. The molecule has 6 heteroatoms. The van der Waals surface area contributed by atoms with Gasteiger partial charge < -0.3 is 0 Å². The topological polar surface area (TPSA) is 43.6 Å².